The molecule has 2 rings (SSSR count). The number of aromatic nitrogens is 2. The fourth-order valence-corrected chi connectivity index (χ4v) is 1.62. The van der Waals surface area contributed by atoms with Crippen LogP contribution >= 0.6 is 0 Å². The molecule has 0 aliphatic rings. The normalized spacial score (nSPS) is 10.5. The van der Waals surface area contributed by atoms with Crippen molar-refractivity contribution < 1.29 is 5.11 Å². The van der Waals surface area contributed by atoms with Crippen LogP contribution in [-0.2, 0) is 7.05 Å². The first-order chi connectivity index (χ1) is 7.99. The van der Waals surface area contributed by atoms with E-state index in [0.29, 0.717) is 17.1 Å². The van der Waals surface area contributed by atoms with Crippen LogP contribution in [0.3, 0.4) is 0 Å². The molecule has 0 fully saturated rings. The molecule has 90 valence electrons. The third kappa shape index (κ3) is 2.04. The van der Waals surface area contributed by atoms with Gasteiger partial charge in [-0.3, -0.25) is 4.68 Å². The second kappa shape index (κ2) is 4.01. The van der Waals surface area contributed by atoms with Gasteiger partial charge in [0.25, 0.3) is 0 Å². The van der Waals surface area contributed by atoms with Crippen molar-refractivity contribution in [3.63, 3.8) is 0 Å². The Bertz CT molecular complexity index is 526. The van der Waals surface area contributed by atoms with Gasteiger partial charge in [-0.25, -0.2) is 0 Å². The molecular weight excluding hydrogens is 216 g/mol. The van der Waals surface area contributed by atoms with Crippen molar-refractivity contribution in [3.8, 4) is 17.0 Å². The van der Waals surface area contributed by atoms with Crippen LogP contribution in [0.1, 0.15) is 0 Å². The second-order valence-electron chi connectivity index (χ2n) is 4.17. The molecule has 0 bridgehead atoms. The molecule has 1 aromatic heterocycles. The highest BCUT2D eigenvalue weighted by Gasteiger charge is 2.11. The lowest BCUT2D eigenvalue weighted by Gasteiger charge is -2.13. The number of nitrogen functional groups attached to an aromatic ring is 1. The highest BCUT2D eigenvalue weighted by molar-refractivity contribution is 5.73. The number of nitrogens with zero attached hydrogens (tertiary/aromatic N) is 3. The Hall–Kier alpha value is -2.17. The Morgan fingerprint density at radius 1 is 1.29 bits per heavy atom. The first-order valence-corrected chi connectivity index (χ1v) is 5.29. The number of nitrogens with two attached hydrogens (primary N) is 1. The molecule has 0 atom stereocenters. The van der Waals surface area contributed by atoms with E-state index in [4.69, 9.17) is 5.73 Å². The zero-order valence-electron chi connectivity index (χ0n) is 10.2. The van der Waals surface area contributed by atoms with Crippen LogP contribution in [0.5, 0.6) is 5.75 Å². The average molecular weight is 232 g/mol. The SMILES string of the molecule is CN(C)c1ccc(O)c(-c2cc(N)n(C)n2)c1. The maximum absolute atomic E-state index is 9.86. The third-order valence-corrected chi connectivity index (χ3v) is 2.69. The van der Waals surface area contributed by atoms with Crippen LogP contribution < -0.4 is 10.6 Å². The van der Waals surface area contributed by atoms with Crippen LogP contribution in [0.25, 0.3) is 11.3 Å². The maximum Gasteiger partial charge on any atom is 0.125 e. The van der Waals surface area contributed by atoms with Crippen LogP contribution in [-0.4, -0.2) is 29.0 Å². The van der Waals surface area contributed by atoms with Crippen molar-refractivity contribution in [2.24, 2.45) is 7.05 Å². The standard InChI is InChI=1S/C12H16N4O/c1-15(2)8-4-5-11(17)9(6-8)10-7-12(13)16(3)14-10/h4-7,17H,13H2,1-3H3. The lowest BCUT2D eigenvalue weighted by Crippen LogP contribution is -2.08. The van der Waals surface area contributed by atoms with Crippen LogP contribution in [0.2, 0.25) is 0 Å². The number of rotatable bonds is 2. The van der Waals surface area contributed by atoms with Crippen LogP contribution in [0, 0.1) is 0 Å². The average Bonchev–Trinajstić information content (AvgIpc) is 2.59. The zero-order chi connectivity index (χ0) is 12.6. The summed E-state index contributed by atoms with van der Waals surface area (Å²) < 4.78 is 1.58. The van der Waals surface area contributed by atoms with Crippen molar-refractivity contribution in [1.29, 1.82) is 0 Å². The third-order valence-electron chi connectivity index (χ3n) is 2.69. The molecule has 1 aromatic carbocycles. The van der Waals surface area contributed by atoms with Crippen molar-refractivity contribution >= 4 is 11.5 Å². The number of benzene rings is 1. The van der Waals surface area contributed by atoms with Gasteiger partial charge in [-0.2, -0.15) is 5.10 Å². The summed E-state index contributed by atoms with van der Waals surface area (Å²) in [6, 6.07) is 7.15. The molecule has 3 N–H and O–H groups in total. The van der Waals surface area contributed by atoms with Crippen molar-refractivity contribution in [2.75, 3.05) is 24.7 Å². The zero-order valence-corrected chi connectivity index (χ0v) is 10.2. The van der Waals surface area contributed by atoms with E-state index in [0.717, 1.165) is 5.69 Å². The van der Waals surface area contributed by atoms with Crippen LogP contribution in [0.4, 0.5) is 11.5 Å². The Morgan fingerprint density at radius 2 is 2.00 bits per heavy atom. The predicted octanol–water partition coefficient (Wildman–Crippen LogP) is 1.44. The molecule has 0 amide bonds. The Labute approximate surface area is 100 Å². The van der Waals surface area contributed by atoms with Crippen LogP contribution in [0.15, 0.2) is 24.3 Å². The summed E-state index contributed by atoms with van der Waals surface area (Å²) in [5, 5.41) is 14.1. The van der Waals surface area contributed by atoms with E-state index in [2.05, 4.69) is 5.10 Å². The van der Waals surface area contributed by atoms with Gasteiger partial charge in [-0.05, 0) is 18.2 Å². The fourth-order valence-electron chi connectivity index (χ4n) is 1.62. The van der Waals surface area contributed by atoms with E-state index < -0.39 is 0 Å². The number of hydrogen-bond donors (Lipinski definition) is 2. The molecule has 0 saturated carbocycles. The van der Waals surface area contributed by atoms with Gasteiger partial charge in [0.15, 0.2) is 0 Å². The number of phenols is 1. The van der Waals surface area contributed by atoms with Gasteiger partial charge < -0.3 is 15.7 Å². The highest BCUT2D eigenvalue weighted by Crippen LogP contribution is 2.32. The molecule has 5 heteroatoms. The summed E-state index contributed by atoms with van der Waals surface area (Å²) in [6.07, 6.45) is 0. The summed E-state index contributed by atoms with van der Waals surface area (Å²) >= 11 is 0. The number of anilines is 2. The van der Waals surface area contributed by atoms with Gasteiger partial charge >= 0.3 is 0 Å². The number of phenolic OH excluding ortho intramolecular Hbond substituents is 1. The quantitative estimate of drug-likeness (QED) is 0.822. The number of hydrogen-bond acceptors (Lipinski definition) is 4. The molecule has 2 aromatic rings. The minimum absolute atomic E-state index is 0.203. The van der Waals surface area contributed by atoms with Gasteiger partial charge in [-0.1, -0.05) is 0 Å². The molecule has 0 aliphatic carbocycles. The van der Waals surface area contributed by atoms with Gasteiger partial charge in [0.05, 0.1) is 5.69 Å². The summed E-state index contributed by atoms with van der Waals surface area (Å²) in [4.78, 5) is 1.97. The summed E-state index contributed by atoms with van der Waals surface area (Å²) in [6.45, 7) is 0. The maximum atomic E-state index is 9.86. The first-order valence-electron chi connectivity index (χ1n) is 5.29. The molecule has 0 unspecified atom stereocenters. The molecule has 0 spiro atoms. The number of aromatic hydroxyl groups is 1. The minimum Gasteiger partial charge on any atom is -0.507 e. The van der Waals surface area contributed by atoms with E-state index in [-0.39, 0.29) is 5.75 Å². The van der Waals surface area contributed by atoms with Crippen molar-refractivity contribution in [1.82, 2.24) is 9.78 Å². The topological polar surface area (TPSA) is 67.3 Å². The lowest BCUT2D eigenvalue weighted by atomic mass is 10.1. The monoisotopic (exact) mass is 232 g/mol. The molecule has 0 saturated heterocycles. The molecule has 0 radical (unpaired) electrons. The highest BCUT2D eigenvalue weighted by atomic mass is 16.3. The predicted molar refractivity (Wildman–Crippen MR) is 69.0 cm³/mol. The van der Waals surface area contributed by atoms with E-state index in [1.807, 2.05) is 31.1 Å². The van der Waals surface area contributed by atoms with E-state index in [1.54, 1.807) is 23.9 Å². The van der Waals surface area contributed by atoms with Gasteiger partial charge in [-0.15, -0.1) is 0 Å². The number of aryl methyl sites for hydroxylation is 1. The lowest BCUT2D eigenvalue weighted by molar-refractivity contribution is 0.477. The van der Waals surface area contributed by atoms with Crippen molar-refractivity contribution in [3.05, 3.63) is 24.3 Å². The van der Waals surface area contributed by atoms with Gasteiger partial charge in [0.1, 0.15) is 11.6 Å². The fraction of sp³-hybridized carbons (Fsp3) is 0.250. The molecule has 5 nitrogen and oxygen atoms in total. The minimum atomic E-state index is 0.203. The summed E-state index contributed by atoms with van der Waals surface area (Å²) in [7, 11) is 5.66. The Kier molecular flexibility index (Phi) is 2.67. The second-order valence-corrected chi connectivity index (χ2v) is 4.17. The molecule has 17 heavy (non-hydrogen) atoms. The summed E-state index contributed by atoms with van der Waals surface area (Å²) in [5.74, 6) is 0.767. The summed E-state index contributed by atoms with van der Waals surface area (Å²) in [5.41, 5.74) is 8.09. The van der Waals surface area contributed by atoms with E-state index in [1.165, 1.54) is 0 Å². The van der Waals surface area contributed by atoms with Crippen molar-refractivity contribution in [2.45, 2.75) is 0 Å². The smallest absolute Gasteiger partial charge is 0.125 e. The molecule has 0 aliphatic heterocycles. The van der Waals surface area contributed by atoms with Gasteiger partial charge in [0, 0.05) is 38.5 Å². The molecular formula is C12H16N4O. The van der Waals surface area contributed by atoms with E-state index in [9.17, 15) is 5.11 Å². The first kappa shape index (κ1) is 11.3. The molecule has 1 heterocycles. The van der Waals surface area contributed by atoms with E-state index >= 15 is 0 Å². The Morgan fingerprint density at radius 3 is 2.53 bits per heavy atom. The van der Waals surface area contributed by atoms with Gasteiger partial charge in [0.2, 0.25) is 0 Å². The largest absolute Gasteiger partial charge is 0.507 e. The Balaban J connectivity index is 2.54.